The molecule has 1 aliphatic rings. The molecule has 1 aromatic carbocycles. The maximum Gasteiger partial charge on any atom is 0.245 e. The van der Waals surface area contributed by atoms with E-state index in [9.17, 15) is 29.4 Å². The third-order valence-electron chi connectivity index (χ3n) is 12.5. The number of likely N-dealkylation sites (tertiary alicyclic amines) is 1. The van der Waals surface area contributed by atoms with E-state index in [-0.39, 0.29) is 48.3 Å². The lowest BCUT2D eigenvalue weighted by Crippen LogP contribution is -2.60. The Morgan fingerprint density at radius 3 is 1.95 bits per heavy atom. The zero-order valence-corrected chi connectivity index (χ0v) is 41.1. The first kappa shape index (κ1) is 57.8. The van der Waals surface area contributed by atoms with E-state index < -0.39 is 60.5 Å². The summed E-state index contributed by atoms with van der Waals surface area (Å²) in [5.74, 6) is 2.69. The summed E-state index contributed by atoms with van der Waals surface area (Å²) in [6, 6.07) is 5.98. The lowest BCUT2D eigenvalue weighted by Gasteiger charge is -2.41. The van der Waals surface area contributed by atoms with Gasteiger partial charge in [-0.25, -0.2) is 5.90 Å². The summed E-state index contributed by atoms with van der Waals surface area (Å²) >= 11 is 0. The molecule has 4 amide bonds. The maximum atomic E-state index is 14.5. The molecule has 1 heterocycles. The monoisotopic (exact) mass is 925 g/mol. The fourth-order valence-electron chi connectivity index (χ4n) is 8.70. The van der Waals surface area contributed by atoms with Gasteiger partial charge >= 0.3 is 0 Å². The van der Waals surface area contributed by atoms with Gasteiger partial charge in [-0.1, -0.05) is 85.2 Å². The molecular formula is C47H84N6O12. The molecule has 0 aliphatic carbocycles. The molecule has 9 atom stereocenters. The van der Waals surface area contributed by atoms with Crippen LogP contribution in [0.1, 0.15) is 79.7 Å². The van der Waals surface area contributed by atoms with Crippen LogP contribution in [-0.2, 0) is 54.1 Å². The topological polar surface area (TPSA) is 224 Å². The summed E-state index contributed by atoms with van der Waals surface area (Å²) in [5.41, 5.74) is 0.837. The second-order valence-electron chi connectivity index (χ2n) is 17.9. The first-order valence-electron chi connectivity index (χ1n) is 23.3. The summed E-state index contributed by atoms with van der Waals surface area (Å²) < 4.78 is 28.6. The Balaban J connectivity index is 2.14. The minimum absolute atomic E-state index is 0.0287. The average Bonchev–Trinajstić information content (AvgIpc) is 3.76. The normalized spacial score (nSPS) is 18.1. The lowest BCUT2D eigenvalue weighted by molar-refractivity contribution is -0.148. The van der Waals surface area contributed by atoms with Gasteiger partial charge in [0.25, 0.3) is 0 Å². The first-order chi connectivity index (χ1) is 30.9. The Morgan fingerprint density at radius 2 is 1.43 bits per heavy atom. The molecule has 0 saturated carbocycles. The number of ether oxygens (including phenoxy) is 5. The number of hydrogen-bond donors (Lipinski definition) is 5. The van der Waals surface area contributed by atoms with E-state index in [1.165, 1.54) is 14.2 Å². The second kappa shape index (κ2) is 30.9. The molecule has 0 unspecified atom stereocenters. The van der Waals surface area contributed by atoms with Crippen molar-refractivity contribution in [3.63, 3.8) is 0 Å². The molecule has 0 bridgehead atoms. The van der Waals surface area contributed by atoms with Crippen molar-refractivity contribution in [1.82, 2.24) is 25.3 Å². The summed E-state index contributed by atoms with van der Waals surface area (Å²) in [6.07, 6.45) is -0.957. The van der Waals surface area contributed by atoms with E-state index in [1.54, 1.807) is 23.8 Å². The molecule has 18 nitrogen and oxygen atoms in total. The van der Waals surface area contributed by atoms with Gasteiger partial charge in [0.15, 0.2) is 6.29 Å². The van der Waals surface area contributed by atoms with Crippen molar-refractivity contribution in [3.05, 3.63) is 35.9 Å². The quantitative estimate of drug-likeness (QED) is 0.0387. The summed E-state index contributed by atoms with van der Waals surface area (Å²) in [7, 11) is 6.63. The van der Waals surface area contributed by atoms with Crippen LogP contribution in [0.2, 0.25) is 0 Å². The van der Waals surface area contributed by atoms with Crippen LogP contribution in [0.25, 0.3) is 0 Å². The number of nitrogens with zero attached hydrogens (tertiary/aromatic N) is 3. The van der Waals surface area contributed by atoms with Crippen LogP contribution in [0, 0.1) is 23.7 Å². The van der Waals surface area contributed by atoms with Gasteiger partial charge < -0.3 is 59.2 Å². The molecule has 1 fully saturated rings. The third-order valence-corrected chi connectivity index (χ3v) is 12.5. The number of carbonyl (C=O) groups is 4. The summed E-state index contributed by atoms with van der Waals surface area (Å²) in [4.78, 5) is 66.3. The molecule has 374 valence electrons. The summed E-state index contributed by atoms with van der Waals surface area (Å²) in [5, 5.41) is 26.1. The van der Waals surface area contributed by atoms with E-state index in [1.807, 2.05) is 83.8 Å². The molecule has 0 aromatic heterocycles. The van der Waals surface area contributed by atoms with Crippen molar-refractivity contribution in [2.24, 2.45) is 29.6 Å². The number of methoxy groups -OCH3 is 2. The van der Waals surface area contributed by atoms with Gasteiger partial charge in [-0.2, -0.15) is 0 Å². The van der Waals surface area contributed by atoms with Gasteiger partial charge in [0.05, 0.1) is 95.0 Å². The van der Waals surface area contributed by atoms with Gasteiger partial charge in [0.2, 0.25) is 23.6 Å². The molecule has 0 spiro atoms. The molecule has 65 heavy (non-hydrogen) atoms. The van der Waals surface area contributed by atoms with Gasteiger partial charge in [-0.05, 0) is 49.6 Å². The molecule has 1 saturated heterocycles. The largest absolute Gasteiger partial charge is 0.379 e. The minimum atomic E-state index is -1.79. The highest BCUT2D eigenvalue weighted by molar-refractivity contribution is 5.90. The number of nitrogens with one attached hydrogen (secondary N) is 2. The van der Waals surface area contributed by atoms with Gasteiger partial charge in [-0.3, -0.25) is 24.1 Å². The maximum absolute atomic E-state index is 14.5. The van der Waals surface area contributed by atoms with E-state index in [4.69, 9.17) is 29.6 Å². The van der Waals surface area contributed by atoms with Gasteiger partial charge in [-0.15, -0.1) is 0 Å². The molecule has 6 N–H and O–H groups in total. The Hall–Kier alpha value is -3.30. The number of aliphatic hydroxyl groups excluding tert-OH is 1. The number of amides is 4. The molecule has 18 heteroatoms. The van der Waals surface area contributed by atoms with Gasteiger partial charge in [0, 0.05) is 34.4 Å². The second-order valence-corrected chi connectivity index (χ2v) is 17.9. The minimum Gasteiger partial charge on any atom is -0.379 e. The Labute approximate surface area is 388 Å². The van der Waals surface area contributed by atoms with Crippen LogP contribution in [0.5, 0.6) is 0 Å². The van der Waals surface area contributed by atoms with Crippen molar-refractivity contribution >= 4 is 23.6 Å². The van der Waals surface area contributed by atoms with Crippen LogP contribution in [0.15, 0.2) is 30.3 Å². The molecule has 0 radical (unpaired) electrons. The number of likely N-dealkylation sites (N-methyl/N-ethyl adjacent to an activating group) is 2. The Bertz CT molecular complexity index is 1510. The van der Waals surface area contributed by atoms with Crippen molar-refractivity contribution < 1.29 is 57.9 Å². The van der Waals surface area contributed by atoms with E-state index in [0.29, 0.717) is 78.6 Å². The lowest BCUT2D eigenvalue weighted by atomic mass is 9.89. The van der Waals surface area contributed by atoms with E-state index in [2.05, 4.69) is 15.5 Å². The molecule has 1 aromatic rings. The predicted molar refractivity (Wildman–Crippen MR) is 247 cm³/mol. The van der Waals surface area contributed by atoms with Crippen LogP contribution in [-0.4, -0.2) is 185 Å². The smallest absolute Gasteiger partial charge is 0.245 e. The number of nitrogens with two attached hydrogens (primary N) is 1. The van der Waals surface area contributed by atoms with Crippen LogP contribution in [0.4, 0.5) is 0 Å². The number of hydrogen-bond acceptors (Lipinski definition) is 14. The van der Waals surface area contributed by atoms with Crippen molar-refractivity contribution in [1.29, 1.82) is 0 Å². The fraction of sp³-hybridized carbons (Fsp3) is 0.787. The number of aliphatic hydroxyl groups is 2. The molecular weight excluding hydrogens is 841 g/mol. The number of rotatable bonds is 33. The average molecular weight is 925 g/mol. The van der Waals surface area contributed by atoms with Crippen molar-refractivity contribution in [3.8, 4) is 0 Å². The summed E-state index contributed by atoms with van der Waals surface area (Å²) in [6.45, 7) is 17.2. The van der Waals surface area contributed by atoms with Crippen molar-refractivity contribution in [2.75, 3.05) is 87.7 Å². The highest BCUT2D eigenvalue weighted by Gasteiger charge is 2.43. The number of carbonyl (C=O) groups excluding carboxylic acids is 4. The third kappa shape index (κ3) is 18.7. The van der Waals surface area contributed by atoms with E-state index >= 15 is 0 Å². The molecule has 1 aliphatic heterocycles. The highest BCUT2D eigenvalue weighted by atomic mass is 16.6. The van der Waals surface area contributed by atoms with Crippen LogP contribution >= 0.6 is 0 Å². The van der Waals surface area contributed by atoms with Crippen LogP contribution < -0.4 is 16.5 Å². The van der Waals surface area contributed by atoms with Gasteiger partial charge in [0.1, 0.15) is 6.04 Å². The number of benzene rings is 1. The fourth-order valence-corrected chi connectivity index (χ4v) is 8.70. The SMILES string of the molecule is CC[C@H](C)[C@@H]([C@@H](CC(=O)N1CCC[C@H]1[C@H](OC)[C@@H](C)C(=O)N[C@@H](Cc1ccccc1)C(O)O)OC)N(C)C(=O)[C@@H](NC(=O)[C@H](C(C)C)N(C)CCOCCOCCOCCON)C(C)C. The zero-order valence-electron chi connectivity index (χ0n) is 41.1. The molecule has 2 rings (SSSR count). The zero-order chi connectivity index (χ0) is 48.6. The van der Waals surface area contributed by atoms with Crippen LogP contribution in [0.3, 0.4) is 0 Å². The van der Waals surface area contributed by atoms with Crippen molar-refractivity contribution in [2.45, 2.75) is 129 Å². The predicted octanol–water partition coefficient (Wildman–Crippen LogP) is 1.98. The Kier molecular flexibility index (Phi) is 27.5. The Morgan fingerprint density at radius 1 is 0.831 bits per heavy atom. The highest BCUT2D eigenvalue weighted by Crippen LogP contribution is 2.30. The van der Waals surface area contributed by atoms with E-state index in [0.717, 1.165) is 5.56 Å². The first-order valence-corrected chi connectivity index (χ1v) is 23.3. The standard InChI is InChI=1S/C47H84N6O12/c1-12-33(6)42(52(9)46(57)40(31(2)3)50-45(56)41(32(4)5)51(8)21-22-62-23-24-63-25-26-64-27-28-65-48)38(60-10)30-39(54)53-20-16-19-37(53)43(61-11)34(7)44(55)49-36(47(58)59)29-35-17-14-13-15-18-35/h13-15,17-18,31-34,36-38,40-43,47,58-59H,12,16,19-30,48H2,1-11H3,(H,49,55)(H,50,56)/t33-,34+,36-,37-,38+,40-,41-,42-,43+/m0/s1.